The summed E-state index contributed by atoms with van der Waals surface area (Å²) in [6.45, 7) is 3.21. The standard InChI is InChI=1S/C17H17FN6.H2/c1-17(2,18)10-22-15-20-8-13-12(3-4-14(13)23-15)11-7-21-16-19-5-6-24(16)9-11;/h3,5-9H,4,10H2,1-2H3,(H,20,22,23);1H. The number of nitrogens with one attached hydrogen (secondary N) is 1. The van der Waals surface area contributed by atoms with Crippen molar-refractivity contribution >= 4 is 17.3 Å². The number of hydrogen-bond acceptors (Lipinski definition) is 5. The molecule has 0 saturated heterocycles. The lowest BCUT2D eigenvalue weighted by atomic mass is 10.1. The van der Waals surface area contributed by atoms with Gasteiger partial charge in [-0.1, -0.05) is 6.08 Å². The summed E-state index contributed by atoms with van der Waals surface area (Å²) in [4.78, 5) is 17.3. The Hall–Kier alpha value is -2.83. The van der Waals surface area contributed by atoms with Gasteiger partial charge in [0, 0.05) is 50.0 Å². The van der Waals surface area contributed by atoms with E-state index in [0.717, 1.165) is 28.8 Å². The van der Waals surface area contributed by atoms with E-state index >= 15 is 0 Å². The fraction of sp³-hybridized carbons (Fsp3) is 0.294. The van der Waals surface area contributed by atoms with Gasteiger partial charge in [0.2, 0.25) is 11.7 Å². The zero-order valence-corrected chi connectivity index (χ0v) is 13.5. The van der Waals surface area contributed by atoms with E-state index in [-0.39, 0.29) is 7.97 Å². The van der Waals surface area contributed by atoms with Crippen molar-refractivity contribution in [3.63, 3.8) is 0 Å². The Bertz CT molecular complexity index is 944. The van der Waals surface area contributed by atoms with Crippen molar-refractivity contribution in [3.8, 4) is 0 Å². The average molecular weight is 326 g/mol. The summed E-state index contributed by atoms with van der Waals surface area (Å²) in [7, 11) is 0. The van der Waals surface area contributed by atoms with Crippen molar-refractivity contribution in [2.45, 2.75) is 25.9 Å². The average Bonchev–Trinajstić information content (AvgIpc) is 3.17. The first kappa shape index (κ1) is 14.7. The molecule has 24 heavy (non-hydrogen) atoms. The summed E-state index contributed by atoms with van der Waals surface area (Å²) in [5, 5.41) is 2.94. The fourth-order valence-electron chi connectivity index (χ4n) is 2.71. The molecule has 0 radical (unpaired) electrons. The number of hydrogen-bond donors (Lipinski definition) is 1. The highest BCUT2D eigenvalue weighted by Gasteiger charge is 2.20. The Labute approximate surface area is 140 Å². The highest BCUT2D eigenvalue weighted by molar-refractivity contribution is 5.83. The maximum absolute atomic E-state index is 13.6. The van der Waals surface area contributed by atoms with E-state index in [0.29, 0.717) is 11.7 Å². The molecule has 1 N–H and O–H groups in total. The van der Waals surface area contributed by atoms with Crippen LogP contribution in [0.5, 0.6) is 0 Å². The number of aromatic nitrogens is 5. The maximum atomic E-state index is 13.6. The van der Waals surface area contributed by atoms with Gasteiger partial charge in [-0.05, 0) is 19.4 Å². The third kappa shape index (κ3) is 2.73. The van der Waals surface area contributed by atoms with Crippen molar-refractivity contribution in [2.75, 3.05) is 11.9 Å². The number of fused-ring (bicyclic) bond motifs is 2. The Balaban J connectivity index is 0.00000182. The van der Waals surface area contributed by atoms with Crippen LogP contribution in [0.25, 0.3) is 11.4 Å². The van der Waals surface area contributed by atoms with E-state index in [1.54, 1.807) is 18.6 Å². The Kier molecular flexibility index (Phi) is 3.30. The highest BCUT2D eigenvalue weighted by Crippen LogP contribution is 2.31. The Morgan fingerprint density at radius 2 is 2.17 bits per heavy atom. The normalized spacial score (nSPS) is 13.9. The molecule has 0 spiro atoms. The van der Waals surface area contributed by atoms with E-state index < -0.39 is 5.67 Å². The number of nitrogens with zero attached hydrogens (tertiary/aromatic N) is 5. The Morgan fingerprint density at radius 3 is 3.00 bits per heavy atom. The van der Waals surface area contributed by atoms with Gasteiger partial charge in [-0.2, -0.15) is 0 Å². The maximum Gasteiger partial charge on any atom is 0.233 e. The zero-order chi connectivity index (χ0) is 16.7. The first-order valence-electron chi connectivity index (χ1n) is 7.78. The molecule has 0 fully saturated rings. The molecule has 0 aliphatic heterocycles. The van der Waals surface area contributed by atoms with E-state index in [1.807, 2.05) is 16.8 Å². The van der Waals surface area contributed by atoms with Crippen molar-refractivity contribution in [2.24, 2.45) is 0 Å². The minimum Gasteiger partial charge on any atom is -0.351 e. The Morgan fingerprint density at radius 1 is 1.29 bits per heavy atom. The molecule has 3 aromatic heterocycles. The molecule has 0 amide bonds. The molecule has 0 bridgehead atoms. The lowest BCUT2D eigenvalue weighted by Crippen LogP contribution is -2.25. The molecule has 0 saturated carbocycles. The molecule has 0 atom stereocenters. The number of allylic oxidation sites excluding steroid dienone is 1. The molecule has 0 aromatic carbocycles. The van der Waals surface area contributed by atoms with Crippen LogP contribution in [-0.4, -0.2) is 36.6 Å². The van der Waals surface area contributed by atoms with Gasteiger partial charge in [0.25, 0.3) is 0 Å². The minimum atomic E-state index is -1.31. The number of imidazole rings is 1. The molecule has 1 aliphatic rings. The zero-order valence-electron chi connectivity index (χ0n) is 13.5. The highest BCUT2D eigenvalue weighted by atomic mass is 19.1. The summed E-state index contributed by atoms with van der Waals surface area (Å²) >= 11 is 0. The van der Waals surface area contributed by atoms with E-state index in [1.165, 1.54) is 13.8 Å². The van der Waals surface area contributed by atoms with E-state index in [4.69, 9.17) is 0 Å². The topological polar surface area (TPSA) is 68.0 Å². The van der Waals surface area contributed by atoms with Gasteiger partial charge in [-0.3, -0.25) is 4.40 Å². The van der Waals surface area contributed by atoms with Crippen LogP contribution in [0.3, 0.4) is 0 Å². The van der Waals surface area contributed by atoms with Crippen LogP contribution < -0.4 is 5.32 Å². The summed E-state index contributed by atoms with van der Waals surface area (Å²) in [5.41, 5.74) is 2.67. The van der Waals surface area contributed by atoms with Crippen LogP contribution in [0.4, 0.5) is 10.3 Å². The van der Waals surface area contributed by atoms with Crippen molar-refractivity contribution in [3.05, 3.63) is 53.9 Å². The summed E-state index contributed by atoms with van der Waals surface area (Å²) in [5.74, 6) is 1.12. The first-order chi connectivity index (χ1) is 11.5. The number of anilines is 1. The largest absolute Gasteiger partial charge is 0.351 e. The second kappa shape index (κ2) is 5.36. The van der Waals surface area contributed by atoms with Gasteiger partial charge in [0.15, 0.2) is 0 Å². The van der Waals surface area contributed by atoms with Gasteiger partial charge in [0.05, 0.1) is 12.2 Å². The van der Waals surface area contributed by atoms with Crippen LogP contribution in [0.2, 0.25) is 0 Å². The summed E-state index contributed by atoms with van der Waals surface area (Å²) in [6.07, 6.45) is 12.0. The molecule has 3 heterocycles. The van der Waals surface area contributed by atoms with Crippen LogP contribution in [0.1, 0.15) is 32.1 Å². The number of rotatable bonds is 4. The summed E-state index contributed by atoms with van der Waals surface area (Å²) in [6, 6.07) is 0. The number of halogens is 1. The van der Waals surface area contributed by atoms with Crippen LogP contribution in [0, 0.1) is 0 Å². The summed E-state index contributed by atoms with van der Waals surface area (Å²) < 4.78 is 15.5. The first-order valence-corrected chi connectivity index (χ1v) is 7.78. The SMILES string of the molecule is CC(C)(F)CNc1ncc2c(n1)CC=C2c1cnc2nccn2c1.[HH]. The lowest BCUT2D eigenvalue weighted by Gasteiger charge is -2.15. The van der Waals surface area contributed by atoms with Crippen molar-refractivity contribution in [1.29, 1.82) is 0 Å². The van der Waals surface area contributed by atoms with Gasteiger partial charge in [0.1, 0.15) is 5.67 Å². The molecule has 6 nitrogen and oxygen atoms in total. The third-order valence-electron chi connectivity index (χ3n) is 3.88. The van der Waals surface area contributed by atoms with Crippen LogP contribution in [-0.2, 0) is 6.42 Å². The smallest absolute Gasteiger partial charge is 0.233 e. The van der Waals surface area contributed by atoms with Crippen LogP contribution in [0.15, 0.2) is 37.1 Å². The second-order valence-electron chi connectivity index (χ2n) is 6.43. The second-order valence-corrected chi connectivity index (χ2v) is 6.43. The van der Waals surface area contributed by atoms with E-state index in [9.17, 15) is 4.39 Å². The van der Waals surface area contributed by atoms with Gasteiger partial charge in [-0.25, -0.2) is 24.3 Å². The molecular formula is C17H19FN6. The molecule has 3 aromatic rings. The minimum absolute atomic E-state index is 0. The number of alkyl halides is 1. The van der Waals surface area contributed by atoms with Crippen molar-refractivity contribution in [1.82, 2.24) is 24.3 Å². The van der Waals surface area contributed by atoms with Gasteiger partial charge < -0.3 is 5.32 Å². The third-order valence-corrected chi connectivity index (χ3v) is 3.88. The monoisotopic (exact) mass is 326 g/mol. The van der Waals surface area contributed by atoms with Crippen LogP contribution >= 0.6 is 0 Å². The molecule has 1 aliphatic carbocycles. The predicted octanol–water partition coefficient (Wildman–Crippen LogP) is 2.91. The lowest BCUT2D eigenvalue weighted by molar-refractivity contribution is 0.234. The predicted molar refractivity (Wildman–Crippen MR) is 91.6 cm³/mol. The van der Waals surface area contributed by atoms with E-state index in [2.05, 4.69) is 31.3 Å². The molecule has 0 unspecified atom stereocenters. The molecule has 4 rings (SSSR count). The molecule has 7 heteroatoms. The molecular weight excluding hydrogens is 307 g/mol. The fourth-order valence-corrected chi connectivity index (χ4v) is 2.71. The quantitative estimate of drug-likeness (QED) is 0.798. The van der Waals surface area contributed by atoms with Gasteiger partial charge >= 0.3 is 0 Å². The van der Waals surface area contributed by atoms with Gasteiger partial charge in [-0.15, -0.1) is 0 Å². The molecule has 124 valence electrons. The van der Waals surface area contributed by atoms with Crippen molar-refractivity contribution < 1.29 is 5.82 Å².